The molecule has 0 bridgehead atoms. The van der Waals surface area contributed by atoms with E-state index in [1.165, 1.54) is 18.0 Å². The van der Waals surface area contributed by atoms with Gasteiger partial charge < -0.3 is 15.7 Å². The van der Waals surface area contributed by atoms with Gasteiger partial charge in [0.25, 0.3) is 6.43 Å². The molecule has 33 heavy (non-hydrogen) atoms. The second-order valence-electron chi connectivity index (χ2n) is 8.04. The van der Waals surface area contributed by atoms with Crippen molar-refractivity contribution in [1.29, 1.82) is 0 Å². The quantitative estimate of drug-likeness (QED) is 0.338. The smallest absolute Gasteiger partial charge is 0.326 e. The zero-order chi connectivity index (χ0) is 23.6. The number of anilines is 2. The van der Waals surface area contributed by atoms with Crippen molar-refractivity contribution in [3.63, 3.8) is 0 Å². The van der Waals surface area contributed by atoms with E-state index >= 15 is 0 Å². The number of aryl methyl sites for hydroxylation is 2. The predicted octanol–water partition coefficient (Wildman–Crippen LogP) is 3.84. The molecule has 180 valence electrons. The van der Waals surface area contributed by atoms with E-state index < -0.39 is 18.4 Å². The summed E-state index contributed by atoms with van der Waals surface area (Å²) in [6.07, 6.45) is 5.15. The lowest BCUT2D eigenvalue weighted by molar-refractivity contribution is -0.138. The van der Waals surface area contributed by atoms with Crippen molar-refractivity contribution in [3.8, 4) is 0 Å². The number of carbonyl (C=O) groups is 1. The summed E-state index contributed by atoms with van der Waals surface area (Å²) in [5.74, 6) is 0.0590. The van der Waals surface area contributed by atoms with E-state index in [2.05, 4.69) is 47.6 Å². The van der Waals surface area contributed by atoms with Crippen molar-refractivity contribution in [2.45, 2.75) is 51.0 Å². The third kappa shape index (κ3) is 8.47. The van der Waals surface area contributed by atoms with Crippen LogP contribution in [0.25, 0.3) is 0 Å². The number of halogens is 3. The summed E-state index contributed by atoms with van der Waals surface area (Å²) in [6, 6.07) is 3.18. The lowest BCUT2D eigenvalue weighted by atomic mass is 10.1. The summed E-state index contributed by atoms with van der Waals surface area (Å²) in [5.41, 5.74) is 2.23. The summed E-state index contributed by atoms with van der Waals surface area (Å²) in [5, 5.41) is 15.6. The average Bonchev–Trinajstić information content (AvgIpc) is 2.79. The number of alkyl halides is 2. The maximum atomic E-state index is 13.1. The van der Waals surface area contributed by atoms with Gasteiger partial charge in [0.1, 0.15) is 11.9 Å². The zero-order valence-electron chi connectivity index (χ0n) is 18.3. The molecule has 2 aromatic heterocycles. The van der Waals surface area contributed by atoms with E-state index in [-0.39, 0.29) is 25.5 Å². The highest BCUT2D eigenvalue weighted by Crippen LogP contribution is 2.20. The van der Waals surface area contributed by atoms with E-state index in [4.69, 9.17) is 0 Å². The summed E-state index contributed by atoms with van der Waals surface area (Å²) in [6.45, 7) is 1.24. The molecule has 1 unspecified atom stereocenters. The first kappa shape index (κ1) is 25.2. The van der Waals surface area contributed by atoms with Gasteiger partial charge in [0.2, 0.25) is 5.95 Å². The molecule has 0 saturated carbocycles. The van der Waals surface area contributed by atoms with Crippen LogP contribution in [-0.2, 0) is 17.6 Å². The Bertz CT molecular complexity index is 903. The Balaban J connectivity index is 1.47. The number of rotatable bonds is 13. The highest BCUT2D eigenvalue weighted by Gasteiger charge is 2.21. The third-order valence-corrected chi connectivity index (χ3v) is 5.87. The fourth-order valence-corrected chi connectivity index (χ4v) is 3.96. The van der Waals surface area contributed by atoms with E-state index in [0.717, 1.165) is 50.2 Å². The minimum Gasteiger partial charge on any atom is -0.480 e. The Morgan fingerprint density at radius 2 is 2.03 bits per heavy atom. The molecule has 3 N–H and O–H groups in total. The molecule has 0 spiro atoms. The number of unbranched alkanes of at least 4 members (excludes halogenated alkanes) is 1. The Labute approximate surface area is 200 Å². The second kappa shape index (κ2) is 12.7. The maximum absolute atomic E-state index is 13.1. The lowest BCUT2D eigenvalue weighted by Crippen LogP contribution is -2.37. The molecule has 0 saturated heterocycles. The van der Waals surface area contributed by atoms with Gasteiger partial charge in [-0.15, -0.1) is 0 Å². The molecule has 2 aromatic rings. The molecule has 0 fully saturated rings. The molecule has 11 heteroatoms. The molecule has 0 radical (unpaired) electrons. The summed E-state index contributed by atoms with van der Waals surface area (Å²) < 4.78 is 26.8. The Kier molecular flexibility index (Phi) is 9.74. The fraction of sp³-hybridized carbons (Fsp3) is 0.545. The number of hydrogen-bond acceptors (Lipinski definition) is 7. The fourth-order valence-electron chi connectivity index (χ4n) is 3.75. The van der Waals surface area contributed by atoms with Crippen LogP contribution in [0, 0.1) is 0 Å². The molecular formula is C22H29BrF2N6O2. The molecule has 1 aliphatic heterocycles. The minimum absolute atomic E-state index is 0.152. The van der Waals surface area contributed by atoms with Crippen LogP contribution >= 0.6 is 15.9 Å². The van der Waals surface area contributed by atoms with E-state index in [1.54, 1.807) is 4.90 Å². The first-order chi connectivity index (χ1) is 15.9. The van der Waals surface area contributed by atoms with Gasteiger partial charge in [-0.05, 0) is 72.6 Å². The van der Waals surface area contributed by atoms with Crippen molar-refractivity contribution >= 4 is 33.7 Å². The molecule has 1 atom stereocenters. The van der Waals surface area contributed by atoms with Gasteiger partial charge >= 0.3 is 5.97 Å². The summed E-state index contributed by atoms with van der Waals surface area (Å²) in [4.78, 5) is 25.9. The number of hydrogen-bond donors (Lipinski definition) is 3. The Morgan fingerprint density at radius 3 is 2.76 bits per heavy atom. The number of nitrogens with zero attached hydrogens (tertiary/aromatic N) is 4. The predicted molar refractivity (Wildman–Crippen MR) is 126 cm³/mol. The van der Waals surface area contributed by atoms with E-state index in [1.807, 2.05) is 6.07 Å². The van der Waals surface area contributed by atoms with Gasteiger partial charge in [0, 0.05) is 31.2 Å². The van der Waals surface area contributed by atoms with Crippen LogP contribution in [0.1, 0.15) is 36.9 Å². The van der Waals surface area contributed by atoms with Gasteiger partial charge in [-0.25, -0.2) is 28.5 Å². The molecule has 0 amide bonds. The van der Waals surface area contributed by atoms with E-state index in [0.29, 0.717) is 11.0 Å². The number of fused-ring (bicyclic) bond motifs is 1. The van der Waals surface area contributed by atoms with Crippen molar-refractivity contribution in [1.82, 2.24) is 19.9 Å². The van der Waals surface area contributed by atoms with Crippen LogP contribution in [0.5, 0.6) is 0 Å². The van der Waals surface area contributed by atoms with Crippen molar-refractivity contribution < 1.29 is 18.7 Å². The largest absolute Gasteiger partial charge is 0.480 e. The highest BCUT2D eigenvalue weighted by atomic mass is 79.9. The van der Waals surface area contributed by atoms with Gasteiger partial charge in [0.15, 0.2) is 0 Å². The second-order valence-corrected chi connectivity index (χ2v) is 8.95. The molecule has 3 rings (SSSR count). The zero-order valence-corrected chi connectivity index (χ0v) is 19.9. The normalized spacial score (nSPS) is 14.1. The number of aromatic nitrogens is 3. The Hall–Kier alpha value is -2.40. The molecule has 1 aliphatic rings. The maximum Gasteiger partial charge on any atom is 0.326 e. The average molecular weight is 527 g/mol. The number of pyridine rings is 1. The molecule has 3 heterocycles. The SMILES string of the molecule is O=C(O)C(CCN(CCCCc1ccc2c(n1)NCCC2)CC(F)F)Nc1ncc(Br)cn1. The Morgan fingerprint density at radius 1 is 1.24 bits per heavy atom. The van der Waals surface area contributed by atoms with Crippen LogP contribution in [0.2, 0.25) is 0 Å². The third-order valence-electron chi connectivity index (χ3n) is 5.46. The summed E-state index contributed by atoms with van der Waals surface area (Å²) in [7, 11) is 0. The number of carboxylic acid groups (broad SMARTS) is 1. The first-order valence-electron chi connectivity index (χ1n) is 11.1. The monoisotopic (exact) mass is 526 g/mol. The van der Waals surface area contributed by atoms with Gasteiger partial charge in [0.05, 0.1) is 11.0 Å². The minimum atomic E-state index is -2.48. The topological polar surface area (TPSA) is 103 Å². The highest BCUT2D eigenvalue weighted by molar-refractivity contribution is 9.10. The standard InChI is InChI=1S/C22H29BrF2N6O2/c23-16-12-27-22(28-13-16)30-18(21(32)33)8-11-31(14-19(24)25)10-2-1-5-17-7-6-15-4-3-9-26-20(15)29-17/h6-7,12-13,18-19H,1-5,8-11,14H2,(H,26,29)(H,32,33)(H,27,28,30). The van der Waals surface area contributed by atoms with Gasteiger partial charge in [-0.2, -0.15) is 0 Å². The van der Waals surface area contributed by atoms with Crippen LogP contribution in [-0.4, -0.2) is 69.6 Å². The van der Waals surface area contributed by atoms with Crippen LogP contribution in [0.15, 0.2) is 29.0 Å². The molecule has 0 aromatic carbocycles. The van der Waals surface area contributed by atoms with Crippen molar-refractivity contribution in [3.05, 3.63) is 40.3 Å². The summed E-state index contributed by atoms with van der Waals surface area (Å²) >= 11 is 3.22. The van der Waals surface area contributed by atoms with Crippen molar-refractivity contribution in [2.75, 3.05) is 36.8 Å². The molecule has 8 nitrogen and oxygen atoms in total. The number of nitrogens with one attached hydrogen (secondary N) is 2. The molecule has 0 aliphatic carbocycles. The molecular weight excluding hydrogens is 498 g/mol. The van der Waals surface area contributed by atoms with Crippen LogP contribution in [0.4, 0.5) is 20.5 Å². The van der Waals surface area contributed by atoms with Crippen molar-refractivity contribution in [2.24, 2.45) is 0 Å². The number of aliphatic carboxylic acids is 1. The first-order valence-corrected chi connectivity index (χ1v) is 11.9. The van der Waals surface area contributed by atoms with Crippen LogP contribution in [0.3, 0.4) is 0 Å². The van der Waals surface area contributed by atoms with Gasteiger partial charge in [-0.1, -0.05) is 6.07 Å². The number of carboxylic acids is 1. The van der Waals surface area contributed by atoms with E-state index in [9.17, 15) is 18.7 Å². The van der Waals surface area contributed by atoms with Crippen LogP contribution < -0.4 is 10.6 Å². The van der Waals surface area contributed by atoms with Gasteiger partial charge in [-0.3, -0.25) is 4.90 Å². The lowest BCUT2D eigenvalue weighted by Gasteiger charge is -2.24.